The lowest BCUT2D eigenvalue weighted by Crippen LogP contribution is -2.04. The summed E-state index contributed by atoms with van der Waals surface area (Å²) in [4.78, 5) is 0. The number of aromatic nitrogens is 1. The Morgan fingerprint density at radius 2 is 1.90 bits per heavy atom. The second kappa shape index (κ2) is 4.69. The van der Waals surface area contributed by atoms with Crippen LogP contribution in [0.15, 0.2) is 51.6 Å². The van der Waals surface area contributed by atoms with Gasteiger partial charge in [-0.3, -0.25) is 0 Å². The summed E-state index contributed by atoms with van der Waals surface area (Å²) < 4.78 is 48.6. The van der Waals surface area contributed by atoms with Gasteiger partial charge in [0.05, 0.1) is 17.4 Å². The Balaban J connectivity index is 2.16. The minimum atomic E-state index is -4.44. The molecule has 0 amide bonds. The van der Waals surface area contributed by atoms with Crippen LogP contribution >= 0.6 is 0 Å². The van der Waals surface area contributed by atoms with Gasteiger partial charge >= 0.3 is 6.18 Å². The second-order valence-corrected chi connectivity index (χ2v) is 4.33. The maximum atomic E-state index is 12.8. The van der Waals surface area contributed by atoms with Crippen molar-refractivity contribution >= 4 is 5.82 Å². The van der Waals surface area contributed by atoms with Crippen molar-refractivity contribution in [1.29, 1.82) is 0 Å². The van der Waals surface area contributed by atoms with Crippen molar-refractivity contribution in [1.82, 2.24) is 5.16 Å². The molecule has 0 aliphatic heterocycles. The molecule has 108 valence electrons. The highest BCUT2D eigenvalue weighted by Crippen LogP contribution is 2.39. The molecule has 0 spiro atoms. The van der Waals surface area contributed by atoms with Gasteiger partial charge in [0, 0.05) is 0 Å². The van der Waals surface area contributed by atoms with Gasteiger partial charge < -0.3 is 14.7 Å². The highest BCUT2D eigenvalue weighted by Gasteiger charge is 2.31. The smallest absolute Gasteiger partial charge is 0.416 e. The number of nitrogens with zero attached hydrogens (tertiary/aromatic N) is 1. The predicted octanol–water partition coefficient (Wildman–Crippen LogP) is 4.20. The van der Waals surface area contributed by atoms with Crippen LogP contribution in [0.1, 0.15) is 5.56 Å². The lowest BCUT2D eigenvalue weighted by atomic mass is 10.0. The summed E-state index contributed by atoms with van der Waals surface area (Å²) in [6.45, 7) is 0. The predicted molar refractivity (Wildman–Crippen MR) is 69.1 cm³/mol. The zero-order valence-corrected chi connectivity index (χ0v) is 10.5. The number of benzene rings is 1. The fraction of sp³-hybridized carbons (Fsp3) is 0.0714. The molecule has 2 N–H and O–H groups in total. The van der Waals surface area contributed by atoms with Gasteiger partial charge in [0.25, 0.3) is 0 Å². The van der Waals surface area contributed by atoms with Crippen molar-refractivity contribution in [2.45, 2.75) is 6.18 Å². The Kier molecular flexibility index (Phi) is 2.97. The number of rotatable bonds is 2. The molecule has 4 nitrogen and oxygen atoms in total. The Morgan fingerprint density at radius 1 is 1.10 bits per heavy atom. The minimum absolute atomic E-state index is 0.000671. The number of hydrogen-bond acceptors (Lipinski definition) is 4. The number of alkyl halides is 3. The molecule has 0 unspecified atom stereocenters. The largest absolute Gasteiger partial charge is 0.461 e. The van der Waals surface area contributed by atoms with E-state index < -0.39 is 11.7 Å². The van der Waals surface area contributed by atoms with Gasteiger partial charge in [0.1, 0.15) is 0 Å². The standard InChI is InChI=1S/C14H9F3N2O2/c15-14(16,17)9-4-1-3-8(7-9)11-12(21-19-13(11)18)10-5-2-6-20-10/h1-7H,(H2,18,19). The first-order valence-electron chi connectivity index (χ1n) is 5.93. The second-order valence-electron chi connectivity index (χ2n) is 4.33. The first kappa shape index (κ1) is 13.3. The van der Waals surface area contributed by atoms with Crippen molar-refractivity contribution in [2.24, 2.45) is 0 Å². The zero-order chi connectivity index (χ0) is 15.0. The highest BCUT2D eigenvalue weighted by atomic mass is 19.4. The molecule has 2 aromatic heterocycles. The van der Waals surface area contributed by atoms with E-state index in [-0.39, 0.29) is 22.7 Å². The van der Waals surface area contributed by atoms with Crippen molar-refractivity contribution in [3.8, 4) is 22.6 Å². The van der Waals surface area contributed by atoms with E-state index in [0.717, 1.165) is 12.1 Å². The number of halogens is 3. The number of hydrogen-bond donors (Lipinski definition) is 1. The maximum Gasteiger partial charge on any atom is 0.416 e. The van der Waals surface area contributed by atoms with E-state index in [1.807, 2.05) is 0 Å². The molecule has 0 aliphatic carbocycles. The van der Waals surface area contributed by atoms with Crippen LogP contribution in [0.5, 0.6) is 0 Å². The lowest BCUT2D eigenvalue weighted by Gasteiger charge is -2.08. The van der Waals surface area contributed by atoms with Crippen LogP contribution in [0.25, 0.3) is 22.6 Å². The van der Waals surface area contributed by atoms with Crippen LogP contribution in [0.4, 0.5) is 19.0 Å². The third kappa shape index (κ3) is 2.37. The molecule has 1 aromatic carbocycles. The Morgan fingerprint density at radius 3 is 2.57 bits per heavy atom. The highest BCUT2D eigenvalue weighted by molar-refractivity contribution is 5.85. The van der Waals surface area contributed by atoms with Crippen molar-refractivity contribution < 1.29 is 22.1 Å². The SMILES string of the molecule is Nc1noc(-c2ccco2)c1-c1cccc(C(F)(F)F)c1. The van der Waals surface area contributed by atoms with Crippen LogP contribution in [-0.2, 0) is 6.18 Å². The molecular weight excluding hydrogens is 285 g/mol. The molecule has 0 bridgehead atoms. The molecule has 0 radical (unpaired) electrons. The topological polar surface area (TPSA) is 65.2 Å². The molecule has 0 atom stereocenters. The van der Waals surface area contributed by atoms with Gasteiger partial charge in [-0.2, -0.15) is 13.2 Å². The van der Waals surface area contributed by atoms with Gasteiger partial charge in [-0.1, -0.05) is 17.3 Å². The van der Waals surface area contributed by atoms with Crippen molar-refractivity contribution in [3.63, 3.8) is 0 Å². The summed E-state index contributed by atoms with van der Waals surface area (Å²) in [7, 11) is 0. The van der Waals surface area contributed by atoms with E-state index in [4.69, 9.17) is 14.7 Å². The van der Waals surface area contributed by atoms with Crippen molar-refractivity contribution in [2.75, 3.05) is 5.73 Å². The van der Waals surface area contributed by atoms with Gasteiger partial charge in [0.15, 0.2) is 11.6 Å². The molecule has 3 aromatic rings. The molecule has 7 heteroatoms. The van der Waals surface area contributed by atoms with Crippen LogP contribution in [-0.4, -0.2) is 5.16 Å². The summed E-state index contributed by atoms with van der Waals surface area (Å²) in [6.07, 6.45) is -3.02. The van der Waals surface area contributed by atoms with E-state index in [0.29, 0.717) is 5.76 Å². The van der Waals surface area contributed by atoms with Crippen LogP contribution in [0.2, 0.25) is 0 Å². The van der Waals surface area contributed by atoms with E-state index in [9.17, 15) is 13.2 Å². The van der Waals surface area contributed by atoms with E-state index >= 15 is 0 Å². The summed E-state index contributed by atoms with van der Waals surface area (Å²) >= 11 is 0. The van der Waals surface area contributed by atoms with Gasteiger partial charge in [-0.25, -0.2) is 0 Å². The molecule has 0 aliphatic rings. The van der Waals surface area contributed by atoms with Crippen LogP contribution < -0.4 is 5.73 Å². The van der Waals surface area contributed by atoms with E-state index in [2.05, 4.69) is 5.16 Å². The van der Waals surface area contributed by atoms with Gasteiger partial charge in [-0.05, 0) is 29.8 Å². The monoisotopic (exact) mass is 294 g/mol. The molecule has 2 heterocycles. The lowest BCUT2D eigenvalue weighted by molar-refractivity contribution is -0.137. The third-order valence-electron chi connectivity index (χ3n) is 2.94. The van der Waals surface area contributed by atoms with Gasteiger partial charge in [-0.15, -0.1) is 0 Å². The Bertz CT molecular complexity index is 761. The molecule has 0 saturated heterocycles. The first-order chi connectivity index (χ1) is 9.97. The maximum absolute atomic E-state index is 12.8. The first-order valence-corrected chi connectivity index (χ1v) is 5.93. The van der Waals surface area contributed by atoms with Crippen LogP contribution in [0.3, 0.4) is 0 Å². The van der Waals surface area contributed by atoms with E-state index in [1.165, 1.54) is 18.4 Å². The van der Waals surface area contributed by atoms with Crippen molar-refractivity contribution in [3.05, 3.63) is 48.2 Å². The Labute approximate surface area is 117 Å². The average Bonchev–Trinajstić information content (AvgIpc) is 3.06. The average molecular weight is 294 g/mol. The number of nitrogens with two attached hydrogens (primary N) is 1. The van der Waals surface area contributed by atoms with Crippen LogP contribution in [0, 0.1) is 0 Å². The number of nitrogen functional groups attached to an aromatic ring is 1. The molecule has 0 fully saturated rings. The van der Waals surface area contributed by atoms with E-state index in [1.54, 1.807) is 12.1 Å². The third-order valence-corrected chi connectivity index (χ3v) is 2.94. The normalized spacial score (nSPS) is 11.8. The summed E-state index contributed by atoms with van der Waals surface area (Å²) in [5.74, 6) is 0.532. The molecule has 3 rings (SSSR count). The quantitative estimate of drug-likeness (QED) is 0.769. The fourth-order valence-electron chi connectivity index (χ4n) is 2.01. The molecular formula is C14H9F3N2O2. The number of anilines is 1. The fourth-order valence-corrected chi connectivity index (χ4v) is 2.01. The minimum Gasteiger partial charge on any atom is -0.461 e. The summed E-state index contributed by atoms with van der Waals surface area (Å²) in [5, 5.41) is 3.60. The summed E-state index contributed by atoms with van der Waals surface area (Å²) in [6, 6.07) is 8.03. The molecule has 0 saturated carbocycles. The zero-order valence-electron chi connectivity index (χ0n) is 10.5. The Hall–Kier alpha value is -2.70. The molecule has 21 heavy (non-hydrogen) atoms. The van der Waals surface area contributed by atoms with Gasteiger partial charge in [0.2, 0.25) is 5.76 Å². The number of furan rings is 1. The summed E-state index contributed by atoms with van der Waals surface area (Å²) in [5.41, 5.74) is 5.47.